The lowest BCUT2D eigenvalue weighted by atomic mass is 10.1. The lowest BCUT2D eigenvalue weighted by Gasteiger charge is -2.19. The van der Waals surface area contributed by atoms with Gasteiger partial charge in [-0.05, 0) is 31.0 Å². The number of rotatable bonds is 6. The van der Waals surface area contributed by atoms with Crippen molar-refractivity contribution in [2.24, 2.45) is 11.8 Å². The van der Waals surface area contributed by atoms with Crippen LogP contribution in [0.1, 0.15) is 27.2 Å². The van der Waals surface area contributed by atoms with E-state index in [4.69, 9.17) is 4.74 Å². The van der Waals surface area contributed by atoms with Crippen LogP contribution in [0.3, 0.4) is 0 Å². The van der Waals surface area contributed by atoms with E-state index >= 15 is 0 Å². The summed E-state index contributed by atoms with van der Waals surface area (Å²) in [5.41, 5.74) is 4.75. The van der Waals surface area contributed by atoms with E-state index in [1.807, 2.05) is 19.9 Å². The second-order valence-corrected chi connectivity index (χ2v) is 7.71. The molecule has 7 nitrogen and oxygen atoms in total. The van der Waals surface area contributed by atoms with E-state index in [0.717, 1.165) is 4.47 Å². The maximum Gasteiger partial charge on any atom is 0.279 e. The largest absolute Gasteiger partial charge is 0.481 e. The maximum atomic E-state index is 12.2. The molecule has 1 aromatic rings. The summed E-state index contributed by atoms with van der Waals surface area (Å²) >= 11 is 3.33. The van der Waals surface area contributed by atoms with E-state index in [1.54, 1.807) is 30.0 Å². The SMILES string of the molecule is CC(C)CN1CC(C(=O)NNC(=O)C(C)Oc2cccc(Br)c2)CC1=O. The van der Waals surface area contributed by atoms with E-state index in [0.29, 0.717) is 24.8 Å². The zero-order valence-corrected chi connectivity index (χ0v) is 16.7. The quantitative estimate of drug-likeness (QED) is 0.680. The fourth-order valence-electron chi connectivity index (χ4n) is 2.69. The Kier molecular flexibility index (Phi) is 7.02. The molecule has 0 radical (unpaired) electrons. The molecular formula is C18H24BrN3O4. The Hall–Kier alpha value is -2.09. The molecular weight excluding hydrogens is 402 g/mol. The van der Waals surface area contributed by atoms with Crippen molar-refractivity contribution in [3.05, 3.63) is 28.7 Å². The monoisotopic (exact) mass is 425 g/mol. The van der Waals surface area contributed by atoms with Gasteiger partial charge in [0.15, 0.2) is 6.10 Å². The molecule has 0 spiro atoms. The molecule has 1 aliphatic heterocycles. The lowest BCUT2D eigenvalue weighted by molar-refractivity contribution is -0.134. The maximum absolute atomic E-state index is 12.2. The Bertz CT molecular complexity index is 680. The summed E-state index contributed by atoms with van der Waals surface area (Å²) in [6.07, 6.45) is -0.620. The van der Waals surface area contributed by atoms with Gasteiger partial charge in [0.25, 0.3) is 5.91 Å². The number of benzene rings is 1. The number of hydrogen-bond acceptors (Lipinski definition) is 4. The predicted octanol–water partition coefficient (Wildman–Crippen LogP) is 1.87. The first kappa shape index (κ1) is 20.2. The molecule has 3 amide bonds. The van der Waals surface area contributed by atoms with Gasteiger partial charge in [-0.25, -0.2) is 0 Å². The molecule has 2 N–H and O–H groups in total. The first-order chi connectivity index (χ1) is 12.3. The van der Waals surface area contributed by atoms with Crippen molar-refractivity contribution in [2.75, 3.05) is 13.1 Å². The third-order valence-electron chi connectivity index (χ3n) is 3.96. The standard InChI is InChI=1S/C18H24BrN3O4/c1-11(2)9-22-10-13(7-16(22)23)18(25)21-20-17(24)12(3)26-15-6-4-5-14(19)8-15/h4-6,8,11-13H,7,9-10H2,1-3H3,(H,20,24)(H,21,25). The van der Waals surface area contributed by atoms with Crippen LogP contribution in [0.5, 0.6) is 5.75 Å². The van der Waals surface area contributed by atoms with Gasteiger partial charge < -0.3 is 9.64 Å². The van der Waals surface area contributed by atoms with Crippen molar-refractivity contribution in [2.45, 2.75) is 33.3 Å². The summed E-state index contributed by atoms with van der Waals surface area (Å²) in [5.74, 6) is -0.441. The second-order valence-electron chi connectivity index (χ2n) is 6.79. The molecule has 0 saturated carbocycles. The topological polar surface area (TPSA) is 87.7 Å². The number of amides is 3. The summed E-state index contributed by atoms with van der Waals surface area (Å²) in [6.45, 7) is 6.64. The smallest absolute Gasteiger partial charge is 0.279 e. The van der Waals surface area contributed by atoms with E-state index in [2.05, 4.69) is 26.8 Å². The van der Waals surface area contributed by atoms with Crippen LogP contribution in [0.4, 0.5) is 0 Å². The first-order valence-electron chi connectivity index (χ1n) is 8.56. The van der Waals surface area contributed by atoms with Crippen molar-refractivity contribution >= 4 is 33.7 Å². The van der Waals surface area contributed by atoms with E-state index in [-0.39, 0.29) is 18.2 Å². The molecule has 0 aromatic heterocycles. The molecule has 1 aromatic carbocycles. The highest BCUT2D eigenvalue weighted by molar-refractivity contribution is 9.10. The van der Waals surface area contributed by atoms with Gasteiger partial charge in [-0.15, -0.1) is 0 Å². The summed E-state index contributed by atoms with van der Waals surface area (Å²) in [4.78, 5) is 37.9. The van der Waals surface area contributed by atoms with Crippen LogP contribution in [0.25, 0.3) is 0 Å². The van der Waals surface area contributed by atoms with Gasteiger partial charge in [0.2, 0.25) is 11.8 Å². The molecule has 26 heavy (non-hydrogen) atoms. The Balaban J connectivity index is 1.79. The van der Waals surface area contributed by atoms with Crippen LogP contribution in [-0.2, 0) is 14.4 Å². The number of ether oxygens (including phenoxy) is 1. The Labute approximate surface area is 161 Å². The van der Waals surface area contributed by atoms with Crippen LogP contribution >= 0.6 is 15.9 Å². The van der Waals surface area contributed by atoms with Crippen LogP contribution in [-0.4, -0.2) is 41.8 Å². The molecule has 142 valence electrons. The highest BCUT2D eigenvalue weighted by Gasteiger charge is 2.34. The normalized spacial score (nSPS) is 18.0. The molecule has 0 aliphatic carbocycles. The van der Waals surface area contributed by atoms with Crippen LogP contribution < -0.4 is 15.6 Å². The number of carbonyl (C=O) groups excluding carboxylic acids is 3. The Morgan fingerprint density at radius 2 is 2.04 bits per heavy atom. The van der Waals surface area contributed by atoms with Crippen molar-refractivity contribution < 1.29 is 19.1 Å². The van der Waals surface area contributed by atoms with Gasteiger partial charge in [-0.1, -0.05) is 35.8 Å². The number of hydrazine groups is 1. The minimum atomic E-state index is -0.785. The van der Waals surface area contributed by atoms with Crippen LogP contribution in [0.15, 0.2) is 28.7 Å². The molecule has 1 fully saturated rings. The number of carbonyl (C=O) groups is 3. The predicted molar refractivity (Wildman–Crippen MR) is 100 cm³/mol. The summed E-state index contributed by atoms with van der Waals surface area (Å²) in [6, 6.07) is 7.13. The van der Waals surface area contributed by atoms with Crippen LogP contribution in [0.2, 0.25) is 0 Å². The van der Waals surface area contributed by atoms with E-state index in [1.165, 1.54) is 0 Å². The third kappa shape index (κ3) is 5.72. The second kappa shape index (κ2) is 9.02. The molecule has 2 atom stereocenters. The zero-order chi connectivity index (χ0) is 19.3. The summed E-state index contributed by atoms with van der Waals surface area (Å²) < 4.78 is 6.38. The average molecular weight is 426 g/mol. The molecule has 0 bridgehead atoms. The van der Waals surface area contributed by atoms with E-state index < -0.39 is 17.9 Å². The third-order valence-corrected chi connectivity index (χ3v) is 4.45. The van der Waals surface area contributed by atoms with Gasteiger partial charge >= 0.3 is 0 Å². The Morgan fingerprint density at radius 3 is 2.69 bits per heavy atom. The number of likely N-dealkylation sites (tertiary alicyclic amines) is 1. The van der Waals surface area contributed by atoms with Gasteiger partial charge in [0, 0.05) is 24.0 Å². The van der Waals surface area contributed by atoms with Gasteiger partial charge in [0.1, 0.15) is 5.75 Å². The average Bonchev–Trinajstić information content (AvgIpc) is 2.92. The number of nitrogens with zero attached hydrogens (tertiary/aromatic N) is 1. The minimum absolute atomic E-state index is 0.0310. The lowest BCUT2D eigenvalue weighted by Crippen LogP contribution is -2.49. The highest BCUT2D eigenvalue weighted by atomic mass is 79.9. The number of hydrogen-bond donors (Lipinski definition) is 2. The highest BCUT2D eigenvalue weighted by Crippen LogP contribution is 2.20. The first-order valence-corrected chi connectivity index (χ1v) is 9.35. The van der Waals surface area contributed by atoms with Gasteiger partial charge in [-0.2, -0.15) is 0 Å². The molecule has 1 heterocycles. The van der Waals surface area contributed by atoms with Gasteiger partial charge in [-0.3, -0.25) is 25.2 Å². The minimum Gasteiger partial charge on any atom is -0.481 e. The molecule has 8 heteroatoms. The fraction of sp³-hybridized carbons (Fsp3) is 0.500. The number of halogens is 1. The fourth-order valence-corrected chi connectivity index (χ4v) is 3.07. The molecule has 2 unspecified atom stereocenters. The molecule has 1 saturated heterocycles. The van der Waals surface area contributed by atoms with Crippen molar-refractivity contribution in [3.8, 4) is 5.75 Å². The molecule has 2 rings (SSSR count). The Morgan fingerprint density at radius 1 is 1.31 bits per heavy atom. The van der Waals surface area contributed by atoms with E-state index in [9.17, 15) is 14.4 Å². The van der Waals surface area contributed by atoms with Crippen LogP contribution in [0, 0.1) is 11.8 Å². The van der Waals surface area contributed by atoms with Crippen molar-refractivity contribution in [1.82, 2.24) is 15.8 Å². The van der Waals surface area contributed by atoms with Crippen molar-refractivity contribution in [1.29, 1.82) is 0 Å². The van der Waals surface area contributed by atoms with Crippen molar-refractivity contribution in [3.63, 3.8) is 0 Å². The van der Waals surface area contributed by atoms with Gasteiger partial charge in [0.05, 0.1) is 5.92 Å². The molecule has 1 aliphatic rings. The zero-order valence-electron chi connectivity index (χ0n) is 15.1. The summed E-state index contributed by atoms with van der Waals surface area (Å²) in [5, 5.41) is 0. The summed E-state index contributed by atoms with van der Waals surface area (Å²) in [7, 11) is 0. The number of nitrogens with one attached hydrogen (secondary N) is 2.